The average molecular weight is 454 g/mol. The molecule has 0 unspecified atom stereocenters. The van der Waals surface area contributed by atoms with Crippen LogP contribution in [0, 0.1) is 0 Å². The van der Waals surface area contributed by atoms with Crippen molar-refractivity contribution < 1.29 is 22.4 Å². The number of methoxy groups -OCH3 is 1. The van der Waals surface area contributed by atoms with Crippen LogP contribution < -0.4 is 9.64 Å². The van der Waals surface area contributed by atoms with Crippen LogP contribution in [0.4, 0.5) is 19.0 Å². The van der Waals surface area contributed by atoms with Crippen LogP contribution in [0.2, 0.25) is 0 Å². The molecule has 1 fully saturated rings. The molecule has 0 amide bonds. The van der Waals surface area contributed by atoms with Crippen LogP contribution in [-0.4, -0.2) is 35.3 Å². The number of pyridine rings is 1. The second kappa shape index (κ2) is 8.38. The largest absolute Gasteiger partial charge is 0.494 e. The van der Waals surface area contributed by atoms with Crippen molar-refractivity contribution in [1.82, 2.24) is 15.1 Å². The predicted octanol–water partition coefficient (Wildman–Crippen LogP) is 5.70. The lowest BCUT2D eigenvalue weighted by Crippen LogP contribution is -2.33. The van der Waals surface area contributed by atoms with Crippen molar-refractivity contribution in [3.8, 4) is 17.1 Å². The molecule has 0 radical (unpaired) electrons. The van der Waals surface area contributed by atoms with E-state index in [-0.39, 0.29) is 5.92 Å². The first-order valence-electron chi connectivity index (χ1n) is 10.6. The van der Waals surface area contributed by atoms with E-state index in [0.717, 1.165) is 60.5 Å². The summed E-state index contributed by atoms with van der Waals surface area (Å²) < 4.78 is 49.2. The molecule has 33 heavy (non-hydrogen) atoms. The molecule has 0 saturated carbocycles. The normalized spacial score (nSPS) is 15.2. The minimum Gasteiger partial charge on any atom is -0.494 e. The summed E-state index contributed by atoms with van der Waals surface area (Å²) in [5, 5.41) is 5.00. The fourth-order valence-corrected chi connectivity index (χ4v) is 4.13. The number of hydrogen-bond donors (Lipinski definition) is 0. The number of para-hydroxylation sites is 1. The van der Waals surface area contributed by atoms with Crippen LogP contribution in [0.5, 0.6) is 5.75 Å². The standard InChI is InChI=1S/C24H21F3N4O2/c1-32-19-4-2-3-15-7-10-20(28-21(15)19)31-13-11-17(12-14-31)23-29-22(30-33-23)16-5-8-18(9-6-16)24(25,26)27/h2-10,17H,11-14H2,1H3. The van der Waals surface area contributed by atoms with E-state index in [2.05, 4.69) is 15.0 Å². The Morgan fingerprint density at radius 2 is 1.73 bits per heavy atom. The Morgan fingerprint density at radius 3 is 2.42 bits per heavy atom. The molecule has 3 heterocycles. The number of halogens is 3. The fourth-order valence-electron chi connectivity index (χ4n) is 4.13. The molecule has 6 nitrogen and oxygen atoms in total. The Kier molecular flexibility index (Phi) is 5.39. The highest BCUT2D eigenvalue weighted by molar-refractivity contribution is 5.86. The van der Waals surface area contributed by atoms with Gasteiger partial charge < -0.3 is 14.2 Å². The van der Waals surface area contributed by atoms with Gasteiger partial charge in [0.2, 0.25) is 11.7 Å². The molecule has 1 saturated heterocycles. The van der Waals surface area contributed by atoms with Crippen LogP contribution in [0.25, 0.3) is 22.3 Å². The van der Waals surface area contributed by atoms with E-state index < -0.39 is 11.7 Å². The fraction of sp³-hybridized carbons (Fsp3) is 0.292. The third-order valence-corrected chi connectivity index (χ3v) is 5.97. The quantitative estimate of drug-likeness (QED) is 0.394. The molecule has 0 aliphatic carbocycles. The van der Waals surface area contributed by atoms with Gasteiger partial charge in [-0.3, -0.25) is 0 Å². The Hall–Kier alpha value is -3.62. The summed E-state index contributed by atoms with van der Waals surface area (Å²) in [6.07, 6.45) is -2.76. The van der Waals surface area contributed by atoms with E-state index in [0.29, 0.717) is 17.3 Å². The molecule has 5 rings (SSSR count). The minimum absolute atomic E-state index is 0.0898. The Morgan fingerprint density at radius 1 is 0.970 bits per heavy atom. The molecule has 9 heteroatoms. The van der Waals surface area contributed by atoms with Crippen molar-refractivity contribution in [2.75, 3.05) is 25.1 Å². The molecule has 2 aromatic carbocycles. The Bertz CT molecular complexity index is 1260. The van der Waals surface area contributed by atoms with E-state index in [1.807, 2.05) is 30.3 Å². The molecular weight excluding hydrogens is 433 g/mol. The molecule has 4 aromatic rings. The molecule has 2 aromatic heterocycles. The van der Waals surface area contributed by atoms with Crippen molar-refractivity contribution in [2.24, 2.45) is 0 Å². The van der Waals surface area contributed by atoms with Crippen LogP contribution in [0.1, 0.15) is 30.2 Å². The lowest BCUT2D eigenvalue weighted by molar-refractivity contribution is -0.137. The highest BCUT2D eigenvalue weighted by atomic mass is 19.4. The van der Waals surface area contributed by atoms with E-state index >= 15 is 0 Å². The summed E-state index contributed by atoms with van der Waals surface area (Å²) in [4.78, 5) is 11.5. The predicted molar refractivity (Wildman–Crippen MR) is 117 cm³/mol. The van der Waals surface area contributed by atoms with Gasteiger partial charge in [-0.15, -0.1) is 0 Å². The SMILES string of the molecule is COc1cccc2ccc(N3CCC(c4nc(-c5ccc(C(F)(F)F)cc5)no4)CC3)nc12. The first kappa shape index (κ1) is 21.2. The average Bonchev–Trinajstić information content (AvgIpc) is 3.33. The van der Waals surface area contributed by atoms with Crippen molar-refractivity contribution >= 4 is 16.7 Å². The second-order valence-corrected chi connectivity index (χ2v) is 7.99. The summed E-state index contributed by atoms with van der Waals surface area (Å²) in [6, 6.07) is 14.7. The highest BCUT2D eigenvalue weighted by Gasteiger charge is 2.30. The van der Waals surface area contributed by atoms with Gasteiger partial charge in [-0.25, -0.2) is 4.98 Å². The summed E-state index contributed by atoms with van der Waals surface area (Å²) >= 11 is 0. The number of ether oxygens (including phenoxy) is 1. The van der Waals surface area contributed by atoms with E-state index in [9.17, 15) is 13.2 Å². The molecule has 1 aliphatic heterocycles. The first-order valence-corrected chi connectivity index (χ1v) is 10.6. The van der Waals surface area contributed by atoms with Gasteiger partial charge in [0.1, 0.15) is 17.1 Å². The van der Waals surface area contributed by atoms with Crippen molar-refractivity contribution in [1.29, 1.82) is 0 Å². The summed E-state index contributed by atoms with van der Waals surface area (Å²) in [5.41, 5.74) is 0.615. The lowest BCUT2D eigenvalue weighted by Gasteiger charge is -2.31. The van der Waals surface area contributed by atoms with Crippen LogP contribution in [0.15, 0.2) is 59.1 Å². The molecule has 0 N–H and O–H groups in total. The molecule has 0 spiro atoms. The van der Waals surface area contributed by atoms with Crippen LogP contribution in [-0.2, 0) is 6.18 Å². The van der Waals surface area contributed by atoms with Crippen LogP contribution >= 0.6 is 0 Å². The highest BCUT2D eigenvalue weighted by Crippen LogP contribution is 2.33. The molecule has 0 bridgehead atoms. The summed E-state index contributed by atoms with van der Waals surface area (Å²) in [5.74, 6) is 2.53. The van der Waals surface area contributed by atoms with Gasteiger partial charge in [0.05, 0.1) is 12.7 Å². The topological polar surface area (TPSA) is 64.3 Å². The second-order valence-electron chi connectivity index (χ2n) is 7.99. The third-order valence-electron chi connectivity index (χ3n) is 5.97. The van der Waals surface area contributed by atoms with Gasteiger partial charge >= 0.3 is 6.18 Å². The first-order chi connectivity index (χ1) is 15.9. The third kappa shape index (κ3) is 4.22. The van der Waals surface area contributed by atoms with E-state index in [1.54, 1.807) is 7.11 Å². The zero-order valence-corrected chi connectivity index (χ0v) is 17.8. The monoisotopic (exact) mass is 454 g/mol. The number of piperidine rings is 1. The summed E-state index contributed by atoms with van der Waals surface area (Å²) in [7, 11) is 1.64. The summed E-state index contributed by atoms with van der Waals surface area (Å²) in [6.45, 7) is 1.55. The smallest absolute Gasteiger partial charge is 0.416 e. The van der Waals surface area contributed by atoms with Crippen molar-refractivity contribution in [3.63, 3.8) is 0 Å². The lowest BCUT2D eigenvalue weighted by atomic mass is 9.96. The number of nitrogens with zero attached hydrogens (tertiary/aromatic N) is 4. The zero-order valence-electron chi connectivity index (χ0n) is 17.8. The van der Waals surface area contributed by atoms with Gasteiger partial charge in [-0.1, -0.05) is 29.4 Å². The zero-order chi connectivity index (χ0) is 23.0. The van der Waals surface area contributed by atoms with Crippen molar-refractivity contribution in [3.05, 3.63) is 66.1 Å². The maximum atomic E-state index is 12.8. The van der Waals surface area contributed by atoms with Gasteiger partial charge in [0, 0.05) is 30.0 Å². The maximum Gasteiger partial charge on any atom is 0.416 e. The number of aromatic nitrogens is 3. The number of benzene rings is 2. The molecule has 1 aliphatic rings. The minimum atomic E-state index is -4.38. The number of rotatable bonds is 4. The molecule has 170 valence electrons. The van der Waals surface area contributed by atoms with Crippen LogP contribution in [0.3, 0.4) is 0 Å². The molecule has 0 atom stereocenters. The Balaban J connectivity index is 1.27. The van der Waals surface area contributed by atoms with Gasteiger partial charge in [-0.2, -0.15) is 18.2 Å². The molecular formula is C24H21F3N4O2. The number of anilines is 1. The van der Waals surface area contributed by atoms with Crippen molar-refractivity contribution in [2.45, 2.75) is 24.9 Å². The van der Waals surface area contributed by atoms with Gasteiger partial charge in [0.15, 0.2) is 0 Å². The van der Waals surface area contributed by atoms with E-state index in [4.69, 9.17) is 14.2 Å². The van der Waals surface area contributed by atoms with E-state index in [1.165, 1.54) is 12.1 Å². The number of hydrogen-bond acceptors (Lipinski definition) is 6. The van der Waals surface area contributed by atoms with Gasteiger partial charge in [0.25, 0.3) is 0 Å². The number of alkyl halides is 3. The maximum absolute atomic E-state index is 12.8. The number of fused-ring (bicyclic) bond motifs is 1. The Labute approximate surface area is 188 Å². The van der Waals surface area contributed by atoms with Gasteiger partial charge in [-0.05, 0) is 43.2 Å².